The number of amides is 1. The predicted octanol–water partition coefficient (Wildman–Crippen LogP) is 1.48. The Morgan fingerprint density at radius 3 is 2.38 bits per heavy atom. The Bertz CT molecular complexity index is 684. The van der Waals surface area contributed by atoms with Crippen LogP contribution in [0.25, 0.3) is 0 Å². The van der Waals surface area contributed by atoms with Gasteiger partial charge in [-0.15, -0.1) is 0 Å². The Morgan fingerprint density at radius 1 is 1.17 bits per heavy atom. The van der Waals surface area contributed by atoms with Gasteiger partial charge >= 0.3 is 0 Å². The number of rotatable bonds is 6. The number of likely N-dealkylation sites (tertiary alicyclic amines) is 1. The summed E-state index contributed by atoms with van der Waals surface area (Å²) in [7, 11) is -0.673. The highest BCUT2D eigenvalue weighted by atomic mass is 32.2. The molecule has 2 rings (SSSR count). The third-order valence-corrected chi connectivity index (χ3v) is 5.17. The van der Waals surface area contributed by atoms with Crippen LogP contribution in [0.2, 0.25) is 0 Å². The van der Waals surface area contributed by atoms with E-state index in [4.69, 9.17) is 9.47 Å². The van der Waals surface area contributed by atoms with Crippen LogP contribution >= 0.6 is 0 Å². The van der Waals surface area contributed by atoms with Crippen molar-refractivity contribution in [2.24, 2.45) is 0 Å². The second kappa shape index (κ2) is 7.74. The van der Waals surface area contributed by atoms with Crippen LogP contribution in [0.1, 0.15) is 19.3 Å². The summed E-state index contributed by atoms with van der Waals surface area (Å²) in [6.07, 6.45) is 4.10. The average Bonchev–Trinajstić information content (AvgIpc) is 2.58. The monoisotopic (exact) mass is 356 g/mol. The summed E-state index contributed by atoms with van der Waals surface area (Å²) in [6, 6.07) is 4.82. The maximum Gasteiger partial charge on any atom is 0.243 e. The van der Waals surface area contributed by atoms with Gasteiger partial charge in [0.2, 0.25) is 15.9 Å². The molecule has 0 bridgehead atoms. The number of sulfonamides is 1. The summed E-state index contributed by atoms with van der Waals surface area (Å²) in [5.74, 6) is 0.690. The van der Waals surface area contributed by atoms with E-state index in [1.54, 1.807) is 23.1 Å². The second-order valence-electron chi connectivity index (χ2n) is 5.75. The van der Waals surface area contributed by atoms with Crippen LogP contribution in [-0.4, -0.2) is 59.3 Å². The average molecular weight is 356 g/mol. The first-order valence-electron chi connectivity index (χ1n) is 7.84. The zero-order valence-electron chi connectivity index (χ0n) is 14.3. The van der Waals surface area contributed by atoms with Gasteiger partial charge in [0.15, 0.2) is 0 Å². The Labute approximate surface area is 143 Å². The molecule has 1 heterocycles. The predicted molar refractivity (Wildman–Crippen MR) is 92.2 cm³/mol. The number of ether oxygens (including phenoxy) is 2. The minimum absolute atomic E-state index is 0.196. The van der Waals surface area contributed by atoms with Crippen LogP contribution in [0.5, 0.6) is 11.5 Å². The number of anilines is 1. The molecule has 1 saturated heterocycles. The quantitative estimate of drug-likeness (QED) is 0.772. The van der Waals surface area contributed by atoms with Crippen molar-refractivity contribution in [1.82, 2.24) is 4.90 Å². The zero-order chi connectivity index (χ0) is 17.7. The number of benzene rings is 1. The highest BCUT2D eigenvalue weighted by Crippen LogP contribution is 2.33. The van der Waals surface area contributed by atoms with Crippen molar-refractivity contribution >= 4 is 21.6 Å². The van der Waals surface area contributed by atoms with E-state index < -0.39 is 10.0 Å². The lowest BCUT2D eigenvalue weighted by molar-refractivity contribution is -0.130. The van der Waals surface area contributed by atoms with Crippen molar-refractivity contribution in [3.63, 3.8) is 0 Å². The molecule has 24 heavy (non-hydrogen) atoms. The van der Waals surface area contributed by atoms with Gasteiger partial charge in [-0.3, -0.25) is 9.10 Å². The van der Waals surface area contributed by atoms with Gasteiger partial charge in [0.05, 0.1) is 26.2 Å². The molecule has 1 aromatic carbocycles. The molecule has 0 aliphatic carbocycles. The Hall–Kier alpha value is -1.96. The van der Waals surface area contributed by atoms with E-state index in [2.05, 4.69) is 0 Å². The van der Waals surface area contributed by atoms with Crippen LogP contribution in [0.4, 0.5) is 5.69 Å². The maximum absolute atomic E-state index is 12.5. The van der Waals surface area contributed by atoms with Gasteiger partial charge in [-0.25, -0.2) is 8.42 Å². The van der Waals surface area contributed by atoms with E-state index in [0.29, 0.717) is 30.3 Å². The van der Waals surface area contributed by atoms with Gasteiger partial charge in [0, 0.05) is 19.2 Å². The number of carbonyl (C=O) groups excluding carboxylic acids is 1. The minimum atomic E-state index is -3.64. The summed E-state index contributed by atoms with van der Waals surface area (Å²) in [5.41, 5.74) is 0.325. The largest absolute Gasteiger partial charge is 0.497 e. The number of piperidine rings is 1. The number of hydrogen-bond donors (Lipinski definition) is 0. The molecular formula is C16H24N2O5S. The van der Waals surface area contributed by atoms with Gasteiger partial charge in [0.25, 0.3) is 0 Å². The molecule has 7 nitrogen and oxygen atoms in total. The first-order chi connectivity index (χ1) is 11.4. The normalized spacial score (nSPS) is 15.0. The number of carbonyl (C=O) groups is 1. The molecule has 0 N–H and O–H groups in total. The highest BCUT2D eigenvalue weighted by molar-refractivity contribution is 7.92. The van der Waals surface area contributed by atoms with Gasteiger partial charge in [-0.2, -0.15) is 0 Å². The standard InChI is InChI=1S/C16H24N2O5S/c1-22-13-7-8-14(15(11-13)23-2)18(24(3,20)21)12-16(19)17-9-5-4-6-10-17/h7-8,11H,4-6,9-10,12H2,1-3H3. The maximum atomic E-state index is 12.5. The number of hydrogen-bond acceptors (Lipinski definition) is 5. The Balaban J connectivity index is 2.31. The van der Waals surface area contributed by atoms with Gasteiger partial charge in [0.1, 0.15) is 18.0 Å². The van der Waals surface area contributed by atoms with E-state index in [9.17, 15) is 13.2 Å². The molecule has 0 atom stereocenters. The van der Waals surface area contributed by atoms with Crippen LogP contribution in [0, 0.1) is 0 Å². The van der Waals surface area contributed by atoms with Crippen molar-refractivity contribution in [1.29, 1.82) is 0 Å². The molecule has 1 aliphatic heterocycles. The van der Waals surface area contributed by atoms with Crippen molar-refractivity contribution in [3.8, 4) is 11.5 Å². The lowest BCUT2D eigenvalue weighted by Gasteiger charge is -2.30. The first-order valence-corrected chi connectivity index (χ1v) is 9.69. The zero-order valence-corrected chi connectivity index (χ0v) is 15.1. The van der Waals surface area contributed by atoms with Crippen molar-refractivity contribution in [2.75, 3.05) is 44.4 Å². The Kier molecular flexibility index (Phi) is 5.93. The lowest BCUT2D eigenvalue weighted by Crippen LogP contribution is -2.44. The summed E-state index contributed by atoms with van der Waals surface area (Å²) < 4.78 is 36.0. The number of methoxy groups -OCH3 is 2. The molecular weight excluding hydrogens is 332 g/mol. The molecule has 0 saturated carbocycles. The molecule has 0 aromatic heterocycles. The summed E-state index contributed by atoms with van der Waals surface area (Å²) >= 11 is 0. The van der Waals surface area contributed by atoms with E-state index in [1.165, 1.54) is 14.2 Å². The third kappa shape index (κ3) is 4.31. The molecule has 134 valence electrons. The number of nitrogens with zero attached hydrogens (tertiary/aromatic N) is 2. The van der Waals surface area contributed by atoms with Crippen LogP contribution in [-0.2, 0) is 14.8 Å². The van der Waals surface area contributed by atoms with E-state index in [1.807, 2.05) is 0 Å². The summed E-state index contributed by atoms with van der Waals surface area (Å²) in [6.45, 7) is 1.12. The van der Waals surface area contributed by atoms with Crippen molar-refractivity contribution in [3.05, 3.63) is 18.2 Å². The minimum Gasteiger partial charge on any atom is -0.497 e. The molecule has 1 fully saturated rings. The van der Waals surface area contributed by atoms with Crippen molar-refractivity contribution in [2.45, 2.75) is 19.3 Å². The molecule has 8 heteroatoms. The van der Waals surface area contributed by atoms with Crippen LogP contribution in [0.15, 0.2) is 18.2 Å². The molecule has 0 radical (unpaired) electrons. The van der Waals surface area contributed by atoms with Crippen molar-refractivity contribution < 1.29 is 22.7 Å². The molecule has 0 unspecified atom stereocenters. The first kappa shape index (κ1) is 18.4. The fourth-order valence-electron chi connectivity index (χ4n) is 2.74. The molecule has 1 amide bonds. The third-order valence-electron chi connectivity index (χ3n) is 4.04. The lowest BCUT2D eigenvalue weighted by atomic mass is 10.1. The van der Waals surface area contributed by atoms with E-state index in [0.717, 1.165) is 29.8 Å². The smallest absolute Gasteiger partial charge is 0.243 e. The summed E-state index contributed by atoms with van der Waals surface area (Å²) in [5, 5.41) is 0. The fraction of sp³-hybridized carbons (Fsp3) is 0.562. The molecule has 0 spiro atoms. The fourth-order valence-corrected chi connectivity index (χ4v) is 3.59. The van der Waals surface area contributed by atoms with Gasteiger partial charge < -0.3 is 14.4 Å². The molecule has 1 aromatic rings. The highest BCUT2D eigenvalue weighted by Gasteiger charge is 2.27. The van der Waals surface area contributed by atoms with Crippen LogP contribution in [0.3, 0.4) is 0 Å². The van der Waals surface area contributed by atoms with Gasteiger partial charge in [-0.1, -0.05) is 0 Å². The van der Waals surface area contributed by atoms with E-state index in [-0.39, 0.29) is 12.5 Å². The topological polar surface area (TPSA) is 76.2 Å². The van der Waals surface area contributed by atoms with Gasteiger partial charge in [-0.05, 0) is 31.4 Å². The van der Waals surface area contributed by atoms with Crippen LogP contribution < -0.4 is 13.8 Å². The Morgan fingerprint density at radius 2 is 1.83 bits per heavy atom. The summed E-state index contributed by atoms with van der Waals surface area (Å²) in [4.78, 5) is 14.2. The molecule has 1 aliphatic rings. The second-order valence-corrected chi connectivity index (χ2v) is 7.66. The van der Waals surface area contributed by atoms with E-state index >= 15 is 0 Å². The SMILES string of the molecule is COc1ccc(N(CC(=O)N2CCCCC2)S(C)(=O)=O)c(OC)c1.